The number of aromatic nitrogens is 2. The first-order valence-electron chi connectivity index (χ1n) is 10.2. The number of imidazole rings is 1. The van der Waals surface area contributed by atoms with Crippen molar-refractivity contribution in [3.63, 3.8) is 0 Å². The van der Waals surface area contributed by atoms with E-state index in [9.17, 15) is 20.0 Å². The van der Waals surface area contributed by atoms with Crippen molar-refractivity contribution in [2.45, 2.75) is 39.2 Å². The zero-order valence-corrected chi connectivity index (χ0v) is 17.4. The van der Waals surface area contributed by atoms with Gasteiger partial charge in [0.05, 0.1) is 23.4 Å². The maximum atomic E-state index is 11.9. The average molecular weight is 419 g/mol. The van der Waals surface area contributed by atoms with E-state index in [2.05, 4.69) is 11.9 Å². The Morgan fingerprint density at radius 3 is 2.55 bits per heavy atom. The number of benzene rings is 2. The van der Waals surface area contributed by atoms with Crippen molar-refractivity contribution in [1.82, 2.24) is 9.55 Å². The van der Waals surface area contributed by atoms with Crippen LogP contribution >= 0.6 is 0 Å². The SMILES string of the molecule is CCCCc1ncc(/C=C(\Cc2ccccc2)C(=O)O)n1Cc1ccccc1[N+](=O)[O-]. The van der Waals surface area contributed by atoms with E-state index in [4.69, 9.17) is 0 Å². The van der Waals surface area contributed by atoms with Crippen LogP contribution in [-0.2, 0) is 24.2 Å². The number of para-hydroxylation sites is 1. The van der Waals surface area contributed by atoms with E-state index >= 15 is 0 Å². The van der Waals surface area contributed by atoms with Crippen molar-refractivity contribution in [2.75, 3.05) is 0 Å². The summed E-state index contributed by atoms with van der Waals surface area (Å²) in [5.74, 6) is -0.215. The Labute approximate surface area is 180 Å². The van der Waals surface area contributed by atoms with Crippen LogP contribution in [-0.4, -0.2) is 25.6 Å². The van der Waals surface area contributed by atoms with Gasteiger partial charge in [0.2, 0.25) is 0 Å². The standard InChI is InChI=1S/C24H25N3O4/c1-2-3-13-23-25-16-21(15-20(24(28)29)14-18-9-5-4-6-10-18)26(23)17-19-11-7-8-12-22(19)27(30)31/h4-12,15-16H,2-3,13-14,17H2,1H3,(H,28,29)/b20-15+. The molecule has 1 aromatic heterocycles. The molecular weight excluding hydrogens is 394 g/mol. The minimum atomic E-state index is -1.00. The molecule has 0 saturated heterocycles. The average Bonchev–Trinajstić information content (AvgIpc) is 3.13. The quantitative estimate of drug-likeness (QED) is 0.286. The molecule has 7 heteroatoms. The molecule has 1 N–H and O–H groups in total. The van der Waals surface area contributed by atoms with Crippen LogP contribution in [0.2, 0.25) is 0 Å². The van der Waals surface area contributed by atoms with Crippen LogP contribution in [0.1, 0.15) is 42.4 Å². The molecular formula is C24H25N3O4. The third-order valence-corrected chi connectivity index (χ3v) is 5.07. The number of unbranched alkanes of at least 4 members (excludes halogenated alkanes) is 1. The fourth-order valence-electron chi connectivity index (χ4n) is 3.44. The molecule has 7 nitrogen and oxygen atoms in total. The van der Waals surface area contributed by atoms with Gasteiger partial charge in [0.1, 0.15) is 5.82 Å². The predicted molar refractivity (Wildman–Crippen MR) is 119 cm³/mol. The van der Waals surface area contributed by atoms with Crippen LogP contribution in [0.5, 0.6) is 0 Å². The molecule has 0 aliphatic rings. The zero-order chi connectivity index (χ0) is 22.2. The first-order valence-corrected chi connectivity index (χ1v) is 10.2. The highest BCUT2D eigenvalue weighted by atomic mass is 16.6. The van der Waals surface area contributed by atoms with Crippen LogP contribution in [0.25, 0.3) is 6.08 Å². The van der Waals surface area contributed by atoms with Gasteiger partial charge in [-0.1, -0.05) is 61.9 Å². The van der Waals surface area contributed by atoms with Gasteiger partial charge in [-0.25, -0.2) is 9.78 Å². The summed E-state index contributed by atoms with van der Waals surface area (Å²) in [6, 6.07) is 16.0. The lowest BCUT2D eigenvalue weighted by molar-refractivity contribution is -0.385. The maximum Gasteiger partial charge on any atom is 0.331 e. The topological polar surface area (TPSA) is 98.3 Å². The fraction of sp³-hybridized carbons (Fsp3) is 0.250. The van der Waals surface area contributed by atoms with Gasteiger partial charge >= 0.3 is 5.97 Å². The highest BCUT2D eigenvalue weighted by molar-refractivity contribution is 5.92. The molecule has 3 rings (SSSR count). The molecule has 0 bridgehead atoms. The number of aliphatic carboxylic acids is 1. The van der Waals surface area contributed by atoms with E-state index in [1.165, 1.54) is 6.07 Å². The summed E-state index contributed by atoms with van der Waals surface area (Å²) in [6.45, 7) is 2.33. The van der Waals surface area contributed by atoms with Gasteiger partial charge < -0.3 is 9.67 Å². The van der Waals surface area contributed by atoms with Gasteiger partial charge in [0.15, 0.2) is 0 Å². The lowest BCUT2D eigenvalue weighted by Gasteiger charge is -2.12. The Kier molecular flexibility index (Phi) is 7.32. The molecule has 0 radical (unpaired) electrons. The first kappa shape index (κ1) is 22.0. The summed E-state index contributed by atoms with van der Waals surface area (Å²) < 4.78 is 1.88. The first-order chi connectivity index (χ1) is 15.0. The highest BCUT2D eigenvalue weighted by Gasteiger charge is 2.17. The molecule has 0 atom stereocenters. The Bertz CT molecular complexity index is 1090. The predicted octanol–water partition coefficient (Wildman–Crippen LogP) is 4.89. The summed E-state index contributed by atoms with van der Waals surface area (Å²) in [5, 5.41) is 21.2. The summed E-state index contributed by atoms with van der Waals surface area (Å²) in [4.78, 5) is 27.5. The lowest BCUT2D eigenvalue weighted by atomic mass is 10.0. The second-order valence-corrected chi connectivity index (χ2v) is 7.31. The number of nitrogens with zero attached hydrogens (tertiary/aromatic N) is 3. The minimum Gasteiger partial charge on any atom is -0.478 e. The van der Waals surface area contributed by atoms with Crippen molar-refractivity contribution < 1.29 is 14.8 Å². The van der Waals surface area contributed by atoms with Gasteiger partial charge in [-0.2, -0.15) is 0 Å². The molecule has 0 aliphatic heterocycles. The molecule has 3 aromatic rings. The molecule has 1 heterocycles. The molecule has 0 saturated carbocycles. The monoisotopic (exact) mass is 419 g/mol. The smallest absolute Gasteiger partial charge is 0.331 e. The molecule has 0 aliphatic carbocycles. The van der Waals surface area contributed by atoms with Crippen molar-refractivity contribution in [1.29, 1.82) is 0 Å². The molecule has 0 spiro atoms. The number of aryl methyl sites for hydroxylation is 1. The van der Waals surface area contributed by atoms with Crippen LogP contribution in [0.15, 0.2) is 66.4 Å². The number of rotatable bonds is 10. The van der Waals surface area contributed by atoms with Crippen LogP contribution in [0.4, 0.5) is 5.69 Å². The zero-order valence-electron chi connectivity index (χ0n) is 17.4. The van der Waals surface area contributed by atoms with Gasteiger partial charge in [0, 0.05) is 30.0 Å². The third-order valence-electron chi connectivity index (χ3n) is 5.07. The largest absolute Gasteiger partial charge is 0.478 e. The van der Waals surface area contributed by atoms with Crippen LogP contribution in [0.3, 0.4) is 0 Å². The van der Waals surface area contributed by atoms with Gasteiger partial charge in [-0.05, 0) is 18.1 Å². The number of carbonyl (C=O) groups is 1. The van der Waals surface area contributed by atoms with Crippen molar-refractivity contribution in [2.24, 2.45) is 0 Å². The number of hydrogen-bond donors (Lipinski definition) is 1. The second-order valence-electron chi connectivity index (χ2n) is 7.31. The Morgan fingerprint density at radius 2 is 1.87 bits per heavy atom. The maximum absolute atomic E-state index is 11.9. The summed E-state index contributed by atoms with van der Waals surface area (Å²) in [7, 11) is 0. The van der Waals surface area contributed by atoms with E-state index in [-0.39, 0.29) is 24.2 Å². The summed E-state index contributed by atoms with van der Waals surface area (Å²) in [6.07, 6.45) is 6.16. The molecule has 0 amide bonds. The number of nitro benzene ring substituents is 1. The Hall–Kier alpha value is -3.74. The van der Waals surface area contributed by atoms with E-state index < -0.39 is 10.9 Å². The summed E-state index contributed by atoms with van der Waals surface area (Å²) >= 11 is 0. The molecule has 2 aromatic carbocycles. The lowest BCUT2D eigenvalue weighted by Crippen LogP contribution is -2.10. The van der Waals surface area contributed by atoms with Crippen molar-refractivity contribution in [3.8, 4) is 0 Å². The number of carboxylic acids is 1. The number of carboxylic acid groups (broad SMARTS) is 1. The molecule has 0 unspecified atom stereocenters. The van der Waals surface area contributed by atoms with Crippen LogP contribution < -0.4 is 0 Å². The molecule has 31 heavy (non-hydrogen) atoms. The normalized spacial score (nSPS) is 11.5. The van der Waals surface area contributed by atoms with E-state index in [1.54, 1.807) is 30.5 Å². The third kappa shape index (κ3) is 5.66. The van der Waals surface area contributed by atoms with Gasteiger partial charge in [0.25, 0.3) is 5.69 Å². The van der Waals surface area contributed by atoms with E-state index in [0.717, 1.165) is 24.2 Å². The highest BCUT2D eigenvalue weighted by Crippen LogP contribution is 2.22. The van der Waals surface area contributed by atoms with Crippen LogP contribution in [0, 0.1) is 10.1 Å². The van der Waals surface area contributed by atoms with E-state index in [1.807, 2.05) is 34.9 Å². The molecule has 160 valence electrons. The van der Waals surface area contributed by atoms with Gasteiger partial charge in [-0.3, -0.25) is 10.1 Å². The van der Waals surface area contributed by atoms with Crippen molar-refractivity contribution in [3.05, 3.63) is 99.1 Å². The van der Waals surface area contributed by atoms with Crippen molar-refractivity contribution >= 4 is 17.7 Å². The van der Waals surface area contributed by atoms with E-state index in [0.29, 0.717) is 17.7 Å². The Morgan fingerprint density at radius 1 is 1.16 bits per heavy atom. The van der Waals surface area contributed by atoms with Gasteiger partial charge in [-0.15, -0.1) is 0 Å². The minimum absolute atomic E-state index is 0.0373. The number of hydrogen-bond acceptors (Lipinski definition) is 4. The summed E-state index contributed by atoms with van der Waals surface area (Å²) in [5.41, 5.74) is 2.34. The fourth-order valence-corrected chi connectivity index (χ4v) is 3.44. The molecule has 0 fully saturated rings. The number of nitro groups is 1. The Balaban J connectivity index is 2.02. The second kappa shape index (κ2) is 10.3.